The van der Waals surface area contributed by atoms with E-state index in [1.165, 1.54) is 16.8 Å². The second-order valence-electron chi connectivity index (χ2n) is 3.70. The highest BCUT2D eigenvalue weighted by Gasteiger charge is 2.15. The summed E-state index contributed by atoms with van der Waals surface area (Å²) in [4.78, 5) is 0. The fourth-order valence-electron chi connectivity index (χ4n) is 1.62. The Morgan fingerprint density at radius 2 is 1.88 bits per heavy atom. The van der Waals surface area contributed by atoms with Gasteiger partial charge in [0.05, 0.1) is 15.8 Å². The fraction of sp³-hybridized carbons (Fsp3) is 0.182. The van der Waals surface area contributed by atoms with Crippen LogP contribution in [0.1, 0.15) is 18.5 Å². The molecule has 1 aromatic heterocycles. The number of anilines is 1. The molecule has 0 amide bonds. The van der Waals surface area contributed by atoms with Crippen LogP contribution < -0.4 is 5.73 Å². The van der Waals surface area contributed by atoms with Gasteiger partial charge in [0.2, 0.25) is 0 Å². The van der Waals surface area contributed by atoms with Crippen molar-refractivity contribution in [2.24, 2.45) is 0 Å². The van der Waals surface area contributed by atoms with E-state index in [0.29, 0.717) is 11.4 Å². The molecular weight excluding hydrogens is 339 g/mol. The Kier molecular flexibility index (Phi) is 3.32. The van der Waals surface area contributed by atoms with Crippen LogP contribution in [0, 0.1) is 15.2 Å². The summed E-state index contributed by atoms with van der Waals surface area (Å²) >= 11 is 2.05. The summed E-state index contributed by atoms with van der Waals surface area (Å²) < 4.78 is 28.6. The normalized spacial score (nSPS) is 12.7. The lowest BCUT2D eigenvalue weighted by atomic mass is 10.1. The molecule has 0 aliphatic rings. The average Bonchev–Trinajstić information content (AvgIpc) is 2.57. The highest BCUT2D eigenvalue weighted by molar-refractivity contribution is 14.1. The molecule has 0 aliphatic carbocycles. The Bertz CT molecular complexity index is 533. The minimum atomic E-state index is -0.604. The van der Waals surface area contributed by atoms with Gasteiger partial charge in [0.25, 0.3) is 0 Å². The smallest absolute Gasteiger partial charge is 0.135 e. The fourth-order valence-corrected chi connectivity index (χ4v) is 1.99. The van der Waals surface area contributed by atoms with Crippen molar-refractivity contribution < 1.29 is 8.78 Å². The number of nitrogens with zero attached hydrogens (tertiary/aromatic N) is 2. The van der Waals surface area contributed by atoms with Crippen LogP contribution in [0.25, 0.3) is 0 Å². The zero-order valence-corrected chi connectivity index (χ0v) is 11.1. The number of rotatable bonds is 2. The summed E-state index contributed by atoms with van der Waals surface area (Å²) in [5.74, 6) is -0.720. The van der Waals surface area contributed by atoms with Crippen LogP contribution in [0.15, 0.2) is 24.4 Å². The standard InChI is InChI=1S/C11H10F2IN3/c1-6(17-11(15)10(14)5-16-17)7-2-8(12)4-9(13)3-7/h2-6H,15H2,1H3. The highest BCUT2D eigenvalue weighted by atomic mass is 127. The van der Waals surface area contributed by atoms with Crippen molar-refractivity contribution in [2.75, 3.05) is 5.73 Å². The van der Waals surface area contributed by atoms with Gasteiger partial charge in [-0.3, -0.25) is 0 Å². The quantitative estimate of drug-likeness (QED) is 0.848. The molecule has 1 heterocycles. The summed E-state index contributed by atoms with van der Waals surface area (Å²) in [6.07, 6.45) is 1.61. The van der Waals surface area contributed by atoms with Crippen LogP contribution in [0.3, 0.4) is 0 Å². The average molecular weight is 349 g/mol. The number of halogens is 3. The van der Waals surface area contributed by atoms with Crippen LogP contribution in [0.4, 0.5) is 14.6 Å². The van der Waals surface area contributed by atoms with Gasteiger partial charge in [-0.25, -0.2) is 13.5 Å². The molecular formula is C11H10F2IN3. The lowest BCUT2D eigenvalue weighted by Gasteiger charge is -2.14. The van der Waals surface area contributed by atoms with Gasteiger partial charge in [0.15, 0.2) is 0 Å². The van der Waals surface area contributed by atoms with E-state index in [-0.39, 0.29) is 6.04 Å². The maximum absolute atomic E-state index is 13.1. The van der Waals surface area contributed by atoms with Gasteiger partial charge in [-0.05, 0) is 47.2 Å². The van der Waals surface area contributed by atoms with Crippen LogP contribution in [0.2, 0.25) is 0 Å². The van der Waals surface area contributed by atoms with Gasteiger partial charge < -0.3 is 5.73 Å². The lowest BCUT2D eigenvalue weighted by molar-refractivity contribution is 0.544. The predicted octanol–water partition coefficient (Wildman–Crippen LogP) is 2.96. The van der Waals surface area contributed by atoms with Gasteiger partial charge in [-0.15, -0.1) is 0 Å². The molecule has 2 N–H and O–H groups in total. The number of nitrogen functional groups attached to an aromatic ring is 1. The van der Waals surface area contributed by atoms with Crippen molar-refractivity contribution in [3.63, 3.8) is 0 Å². The van der Waals surface area contributed by atoms with E-state index in [1.807, 2.05) is 0 Å². The molecule has 2 rings (SSSR count). The molecule has 0 fully saturated rings. The van der Waals surface area contributed by atoms with Gasteiger partial charge in [-0.1, -0.05) is 0 Å². The third-order valence-corrected chi connectivity index (χ3v) is 3.35. The van der Waals surface area contributed by atoms with E-state index in [9.17, 15) is 8.78 Å². The van der Waals surface area contributed by atoms with Crippen molar-refractivity contribution in [1.29, 1.82) is 0 Å². The Morgan fingerprint density at radius 3 is 2.35 bits per heavy atom. The first-order chi connectivity index (χ1) is 7.99. The SMILES string of the molecule is CC(c1cc(F)cc(F)c1)n1ncc(I)c1N. The van der Waals surface area contributed by atoms with E-state index in [4.69, 9.17) is 5.73 Å². The van der Waals surface area contributed by atoms with E-state index in [2.05, 4.69) is 27.7 Å². The van der Waals surface area contributed by atoms with Crippen molar-refractivity contribution in [1.82, 2.24) is 9.78 Å². The van der Waals surface area contributed by atoms with E-state index in [0.717, 1.165) is 9.64 Å². The molecule has 1 atom stereocenters. The lowest BCUT2D eigenvalue weighted by Crippen LogP contribution is -2.12. The first-order valence-corrected chi connectivity index (χ1v) is 6.01. The van der Waals surface area contributed by atoms with Crippen LogP contribution >= 0.6 is 22.6 Å². The summed E-state index contributed by atoms with van der Waals surface area (Å²) in [7, 11) is 0. The third-order valence-electron chi connectivity index (χ3n) is 2.52. The predicted molar refractivity (Wildman–Crippen MR) is 69.5 cm³/mol. The second-order valence-corrected chi connectivity index (χ2v) is 4.86. The first-order valence-electron chi connectivity index (χ1n) is 4.93. The van der Waals surface area contributed by atoms with Gasteiger partial charge >= 0.3 is 0 Å². The summed E-state index contributed by atoms with van der Waals surface area (Å²) in [6.45, 7) is 1.79. The summed E-state index contributed by atoms with van der Waals surface area (Å²) in [5, 5.41) is 4.09. The molecule has 2 aromatic rings. The molecule has 0 saturated carbocycles. The van der Waals surface area contributed by atoms with Crippen molar-refractivity contribution in [2.45, 2.75) is 13.0 Å². The van der Waals surface area contributed by atoms with Crippen molar-refractivity contribution in [3.8, 4) is 0 Å². The second kappa shape index (κ2) is 4.59. The molecule has 0 aliphatic heterocycles. The maximum Gasteiger partial charge on any atom is 0.135 e. The molecule has 0 radical (unpaired) electrons. The molecule has 1 unspecified atom stereocenters. The largest absolute Gasteiger partial charge is 0.383 e. The zero-order valence-electron chi connectivity index (χ0n) is 8.99. The Balaban J connectivity index is 2.43. The first kappa shape index (κ1) is 12.3. The number of aromatic nitrogens is 2. The van der Waals surface area contributed by atoms with E-state index in [1.54, 1.807) is 13.1 Å². The van der Waals surface area contributed by atoms with Crippen LogP contribution in [0.5, 0.6) is 0 Å². The molecule has 17 heavy (non-hydrogen) atoms. The number of nitrogens with two attached hydrogens (primary N) is 1. The van der Waals surface area contributed by atoms with Crippen molar-refractivity contribution >= 4 is 28.4 Å². The molecule has 3 nitrogen and oxygen atoms in total. The van der Waals surface area contributed by atoms with E-state index >= 15 is 0 Å². The topological polar surface area (TPSA) is 43.8 Å². The maximum atomic E-state index is 13.1. The van der Waals surface area contributed by atoms with Crippen LogP contribution in [-0.4, -0.2) is 9.78 Å². The van der Waals surface area contributed by atoms with E-state index < -0.39 is 11.6 Å². The molecule has 0 saturated heterocycles. The number of benzene rings is 1. The van der Waals surface area contributed by atoms with Gasteiger partial charge in [0, 0.05) is 6.07 Å². The molecule has 0 bridgehead atoms. The Hall–Kier alpha value is -1.18. The summed E-state index contributed by atoms with van der Waals surface area (Å²) in [5.41, 5.74) is 6.32. The van der Waals surface area contributed by atoms with Gasteiger partial charge in [0.1, 0.15) is 17.5 Å². The number of hydrogen-bond donors (Lipinski definition) is 1. The molecule has 90 valence electrons. The number of hydrogen-bond acceptors (Lipinski definition) is 2. The Morgan fingerprint density at radius 1 is 1.29 bits per heavy atom. The summed E-state index contributed by atoms with van der Waals surface area (Å²) in [6, 6.07) is 3.08. The monoisotopic (exact) mass is 349 g/mol. The Labute approximate surface area is 111 Å². The minimum Gasteiger partial charge on any atom is -0.383 e. The molecule has 6 heteroatoms. The van der Waals surface area contributed by atoms with Gasteiger partial charge in [-0.2, -0.15) is 5.10 Å². The zero-order chi connectivity index (χ0) is 12.6. The third kappa shape index (κ3) is 2.41. The molecule has 0 spiro atoms. The van der Waals surface area contributed by atoms with Crippen molar-refractivity contribution in [3.05, 3.63) is 45.2 Å². The highest BCUT2D eigenvalue weighted by Crippen LogP contribution is 2.24. The van der Waals surface area contributed by atoms with Crippen LogP contribution in [-0.2, 0) is 0 Å². The minimum absolute atomic E-state index is 0.316. The molecule has 1 aromatic carbocycles.